The molecule has 6 heteroatoms. The minimum absolute atomic E-state index is 0.0207. The van der Waals surface area contributed by atoms with Crippen molar-refractivity contribution >= 4 is 11.8 Å². The number of rotatable bonds is 8. The highest BCUT2D eigenvalue weighted by Gasteiger charge is 2.34. The molecule has 0 bridgehead atoms. The molecular formula is C23H35N3O3. The number of piperidine rings is 1. The van der Waals surface area contributed by atoms with Gasteiger partial charge in [-0.05, 0) is 49.7 Å². The highest BCUT2D eigenvalue weighted by Crippen LogP contribution is 2.23. The van der Waals surface area contributed by atoms with Crippen LogP contribution in [-0.4, -0.2) is 67.6 Å². The first kappa shape index (κ1) is 21.8. The molecule has 2 aliphatic heterocycles. The maximum absolute atomic E-state index is 12.9. The predicted octanol–water partition coefficient (Wildman–Crippen LogP) is 2.35. The molecule has 6 nitrogen and oxygen atoms in total. The molecule has 1 atom stereocenters. The van der Waals surface area contributed by atoms with Gasteiger partial charge in [-0.1, -0.05) is 24.3 Å². The van der Waals surface area contributed by atoms with Crippen LogP contribution in [0.1, 0.15) is 43.2 Å². The number of piperazine rings is 1. The van der Waals surface area contributed by atoms with Crippen molar-refractivity contribution in [2.75, 3.05) is 39.9 Å². The lowest BCUT2D eigenvalue weighted by atomic mass is 9.92. The van der Waals surface area contributed by atoms with Crippen molar-refractivity contribution in [1.82, 2.24) is 15.1 Å². The van der Waals surface area contributed by atoms with Crippen LogP contribution in [0.3, 0.4) is 0 Å². The van der Waals surface area contributed by atoms with Crippen LogP contribution in [-0.2, 0) is 20.9 Å². The lowest BCUT2D eigenvalue weighted by molar-refractivity contribution is -0.140. The predicted molar refractivity (Wildman–Crippen MR) is 113 cm³/mol. The van der Waals surface area contributed by atoms with Crippen LogP contribution in [0.25, 0.3) is 0 Å². The van der Waals surface area contributed by atoms with Crippen LogP contribution in [0, 0.1) is 12.8 Å². The average molecular weight is 402 g/mol. The number of nitrogens with zero attached hydrogens (tertiary/aromatic N) is 2. The molecular weight excluding hydrogens is 366 g/mol. The van der Waals surface area contributed by atoms with E-state index in [4.69, 9.17) is 4.74 Å². The Hall–Kier alpha value is -1.92. The van der Waals surface area contributed by atoms with Crippen LogP contribution in [0.4, 0.5) is 0 Å². The van der Waals surface area contributed by atoms with Crippen molar-refractivity contribution in [3.8, 4) is 0 Å². The fourth-order valence-electron chi connectivity index (χ4n) is 4.46. The van der Waals surface area contributed by atoms with E-state index in [-0.39, 0.29) is 24.3 Å². The van der Waals surface area contributed by atoms with Gasteiger partial charge in [0.15, 0.2) is 0 Å². The zero-order chi connectivity index (χ0) is 20.6. The van der Waals surface area contributed by atoms with Crippen molar-refractivity contribution in [2.45, 2.75) is 51.6 Å². The van der Waals surface area contributed by atoms with Crippen LogP contribution >= 0.6 is 0 Å². The minimum Gasteiger partial charge on any atom is -0.385 e. The third-order valence-corrected chi connectivity index (χ3v) is 6.37. The fourth-order valence-corrected chi connectivity index (χ4v) is 4.46. The van der Waals surface area contributed by atoms with Gasteiger partial charge in [-0.15, -0.1) is 0 Å². The lowest BCUT2D eigenvalue weighted by Gasteiger charge is -2.37. The molecule has 0 aromatic heterocycles. The molecule has 2 saturated heterocycles. The zero-order valence-corrected chi connectivity index (χ0v) is 17.9. The number of aryl methyl sites for hydroxylation is 1. The Kier molecular flexibility index (Phi) is 8.07. The first-order chi connectivity index (χ1) is 14.1. The molecule has 2 heterocycles. The van der Waals surface area contributed by atoms with Crippen LogP contribution in [0.2, 0.25) is 0 Å². The quantitative estimate of drug-likeness (QED) is 0.680. The largest absolute Gasteiger partial charge is 0.385 e. The van der Waals surface area contributed by atoms with Gasteiger partial charge in [0.1, 0.15) is 0 Å². The molecule has 3 rings (SSSR count). The van der Waals surface area contributed by atoms with Gasteiger partial charge in [-0.3, -0.25) is 14.5 Å². The SMILES string of the molecule is COCCCC1CCN(C(=O)C[C@H]2C(=O)NCCN2Cc2ccccc2C)CC1. The summed E-state index contributed by atoms with van der Waals surface area (Å²) < 4.78 is 5.14. The molecule has 29 heavy (non-hydrogen) atoms. The second kappa shape index (κ2) is 10.7. The first-order valence-corrected chi connectivity index (χ1v) is 10.9. The molecule has 160 valence electrons. The second-order valence-electron chi connectivity index (χ2n) is 8.37. The topological polar surface area (TPSA) is 61.9 Å². The van der Waals surface area contributed by atoms with Crippen LogP contribution in [0.15, 0.2) is 24.3 Å². The summed E-state index contributed by atoms with van der Waals surface area (Å²) in [6.07, 6.45) is 4.64. The maximum atomic E-state index is 12.9. The number of likely N-dealkylation sites (tertiary alicyclic amines) is 1. The van der Waals surface area contributed by atoms with Gasteiger partial charge in [0.05, 0.1) is 12.5 Å². The Morgan fingerprint density at radius 3 is 2.69 bits per heavy atom. The van der Waals surface area contributed by atoms with Crippen LogP contribution in [0.5, 0.6) is 0 Å². The number of carbonyl (C=O) groups excluding carboxylic acids is 2. The summed E-state index contributed by atoms with van der Waals surface area (Å²) in [4.78, 5) is 29.6. The Bertz CT molecular complexity index is 686. The summed E-state index contributed by atoms with van der Waals surface area (Å²) in [5.74, 6) is 0.773. The van der Waals surface area contributed by atoms with E-state index in [1.807, 2.05) is 17.0 Å². The first-order valence-electron chi connectivity index (χ1n) is 10.9. The van der Waals surface area contributed by atoms with Crippen molar-refractivity contribution in [3.63, 3.8) is 0 Å². The van der Waals surface area contributed by atoms with Gasteiger partial charge in [-0.25, -0.2) is 0 Å². The monoisotopic (exact) mass is 401 g/mol. The highest BCUT2D eigenvalue weighted by molar-refractivity contribution is 5.88. The molecule has 0 aliphatic carbocycles. The van der Waals surface area contributed by atoms with E-state index >= 15 is 0 Å². The zero-order valence-electron chi connectivity index (χ0n) is 17.9. The molecule has 2 aliphatic rings. The van der Waals surface area contributed by atoms with Crippen molar-refractivity contribution in [2.24, 2.45) is 5.92 Å². The number of hydrogen-bond donors (Lipinski definition) is 1. The van der Waals surface area contributed by atoms with Crippen molar-refractivity contribution in [1.29, 1.82) is 0 Å². The van der Waals surface area contributed by atoms with Crippen LogP contribution < -0.4 is 5.32 Å². The number of amides is 2. The second-order valence-corrected chi connectivity index (χ2v) is 8.37. The Morgan fingerprint density at radius 2 is 1.97 bits per heavy atom. The third-order valence-electron chi connectivity index (χ3n) is 6.37. The smallest absolute Gasteiger partial charge is 0.237 e. The van der Waals surface area contributed by atoms with E-state index in [9.17, 15) is 9.59 Å². The molecule has 1 N–H and O–H groups in total. The van der Waals surface area contributed by atoms with Gasteiger partial charge in [0.25, 0.3) is 0 Å². The van der Waals surface area contributed by atoms with Crippen molar-refractivity contribution < 1.29 is 14.3 Å². The normalized spacial score (nSPS) is 21.2. The molecule has 0 unspecified atom stereocenters. The number of nitrogens with one attached hydrogen (secondary N) is 1. The van der Waals surface area contributed by atoms with E-state index in [0.717, 1.165) is 45.5 Å². The van der Waals surface area contributed by atoms with E-state index < -0.39 is 0 Å². The molecule has 2 fully saturated rings. The maximum Gasteiger partial charge on any atom is 0.237 e. The Labute approximate surface area is 174 Å². The number of benzene rings is 1. The number of hydrogen-bond acceptors (Lipinski definition) is 4. The van der Waals surface area contributed by atoms with Crippen molar-refractivity contribution in [3.05, 3.63) is 35.4 Å². The van der Waals surface area contributed by atoms with E-state index in [2.05, 4.69) is 29.3 Å². The summed E-state index contributed by atoms with van der Waals surface area (Å²) in [5.41, 5.74) is 2.44. The van der Waals surface area contributed by atoms with Gasteiger partial charge < -0.3 is 15.0 Å². The molecule has 1 aromatic rings. The van der Waals surface area contributed by atoms with E-state index in [1.54, 1.807) is 7.11 Å². The fraction of sp³-hybridized carbons (Fsp3) is 0.652. The summed E-state index contributed by atoms with van der Waals surface area (Å²) >= 11 is 0. The van der Waals surface area contributed by atoms with Gasteiger partial charge in [0.2, 0.25) is 11.8 Å². The number of ether oxygens (including phenoxy) is 1. The molecule has 0 radical (unpaired) electrons. The summed E-state index contributed by atoms with van der Waals surface area (Å²) in [6, 6.07) is 7.88. The average Bonchev–Trinajstić information content (AvgIpc) is 2.73. The van der Waals surface area contributed by atoms with E-state index in [1.165, 1.54) is 17.5 Å². The molecule has 0 spiro atoms. The lowest BCUT2D eigenvalue weighted by Crippen LogP contribution is -2.56. The summed E-state index contributed by atoms with van der Waals surface area (Å²) in [6.45, 7) is 6.65. The summed E-state index contributed by atoms with van der Waals surface area (Å²) in [7, 11) is 1.74. The van der Waals surface area contributed by atoms with Gasteiger partial charge >= 0.3 is 0 Å². The number of carbonyl (C=O) groups is 2. The molecule has 1 aromatic carbocycles. The minimum atomic E-state index is -0.379. The third kappa shape index (κ3) is 6.03. The Balaban J connectivity index is 1.54. The van der Waals surface area contributed by atoms with Gasteiger partial charge in [0, 0.05) is 46.4 Å². The standard InChI is InChI=1S/C23H35N3O3/c1-18-6-3-4-8-20(18)17-26-14-11-24-23(28)21(26)16-22(27)25-12-9-19(10-13-25)7-5-15-29-2/h3-4,6,8,19,21H,5,7,9-17H2,1-2H3,(H,24,28)/t21-/m0/s1. The number of methoxy groups -OCH3 is 1. The highest BCUT2D eigenvalue weighted by atomic mass is 16.5. The molecule has 2 amide bonds. The van der Waals surface area contributed by atoms with E-state index in [0.29, 0.717) is 19.0 Å². The summed E-state index contributed by atoms with van der Waals surface area (Å²) in [5, 5.41) is 2.94. The van der Waals surface area contributed by atoms with Gasteiger partial charge in [-0.2, -0.15) is 0 Å². The Morgan fingerprint density at radius 1 is 1.21 bits per heavy atom. The molecule has 0 saturated carbocycles.